The van der Waals surface area contributed by atoms with Gasteiger partial charge in [0.05, 0.1) is 0 Å². The molecule has 0 aromatic heterocycles. The minimum absolute atomic E-state index is 0.240. The first-order valence-corrected chi connectivity index (χ1v) is 6.79. The van der Waals surface area contributed by atoms with Gasteiger partial charge in [-0.05, 0) is 51.2 Å². The number of nitrogens with one attached hydrogen (secondary N) is 2. The largest absolute Gasteiger partial charge is 0.396 e. The molecule has 0 heterocycles. The minimum Gasteiger partial charge on any atom is -0.396 e. The Morgan fingerprint density at radius 1 is 1.12 bits per heavy atom. The summed E-state index contributed by atoms with van der Waals surface area (Å²) >= 11 is 0. The fourth-order valence-electron chi connectivity index (χ4n) is 1.56. The second-order valence-electron chi connectivity index (χ2n) is 5.81. The van der Waals surface area contributed by atoms with Crippen molar-refractivity contribution in [3.63, 3.8) is 0 Å². The number of rotatable bonds is 8. The van der Waals surface area contributed by atoms with Gasteiger partial charge in [0.1, 0.15) is 0 Å². The van der Waals surface area contributed by atoms with E-state index in [1.54, 1.807) is 0 Å². The molecule has 0 saturated carbocycles. The van der Waals surface area contributed by atoms with E-state index in [-0.39, 0.29) is 12.0 Å². The Kier molecular flexibility index (Phi) is 14.0. The summed E-state index contributed by atoms with van der Waals surface area (Å²) in [6, 6.07) is 0. The van der Waals surface area contributed by atoms with Crippen LogP contribution in [-0.2, 0) is 0 Å². The van der Waals surface area contributed by atoms with Crippen molar-refractivity contribution in [3.05, 3.63) is 0 Å². The molecule has 0 aliphatic rings. The topological polar surface area (TPSA) is 44.3 Å². The summed E-state index contributed by atoms with van der Waals surface area (Å²) in [7, 11) is 3.93. The van der Waals surface area contributed by atoms with Crippen LogP contribution < -0.4 is 10.6 Å². The van der Waals surface area contributed by atoms with Crippen LogP contribution in [0.25, 0.3) is 0 Å². The van der Waals surface area contributed by atoms with Crippen LogP contribution in [0.1, 0.15) is 47.0 Å². The van der Waals surface area contributed by atoms with Crippen molar-refractivity contribution in [2.75, 3.05) is 33.8 Å². The van der Waals surface area contributed by atoms with Crippen molar-refractivity contribution in [2.45, 2.75) is 47.0 Å². The van der Waals surface area contributed by atoms with Crippen LogP contribution in [-0.4, -0.2) is 38.9 Å². The van der Waals surface area contributed by atoms with Gasteiger partial charge in [0, 0.05) is 13.2 Å². The first-order chi connectivity index (χ1) is 7.89. The van der Waals surface area contributed by atoms with E-state index in [1.165, 1.54) is 12.8 Å². The average molecular weight is 246 g/mol. The highest BCUT2D eigenvalue weighted by atomic mass is 16.3. The zero-order valence-corrected chi connectivity index (χ0v) is 12.8. The summed E-state index contributed by atoms with van der Waals surface area (Å²) < 4.78 is 0. The number of aliphatic hydroxyl groups is 1. The zero-order chi connectivity index (χ0) is 13.7. The van der Waals surface area contributed by atoms with Crippen molar-refractivity contribution < 1.29 is 5.11 Å². The zero-order valence-electron chi connectivity index (χ0n) is 12.8. The number of hydrogen-bond acceptors (Lipinski definition) is 3. The standard InChI is InChI=1S/C7H17NO.C7H17N/c1-7(2,4-5-9)6-8-3;1-7(2)5-4-6-8-3/h8-9H,4-6H2,1-3H3;7-8H,4-6H2,1-3H3. The lowest BCUT2D eigenvalue weighted by Gasteiger charge is -2.22. The summed E-state index contributed by atoms with van der Waals surface area (Å²) in [4.78, 5) is 0. The molecule has 3 heteroatoms. The fourth-order valence-corrected chi connectivity index (χ4v) is 1.56. The van der Waals surface area contributed by atoms with Crippen molar-refractivity contribution in [1.82, 2.24) is 10.6 Å². The van der Waals surface area contributed by atoms with E-state index in [1.807, 2.05) is 14.1 Å². The molecule has 0 unspecified atom stereocenters. The number of hydrogen-bond donors (Lipinski definition) is 3. The molecule has 0 rings (SSSR count). The van der Waals surface area contributed by atoms with Gasteiger partial charge >= 0.3 is 0 Å². The maximum Gasteiger partial charge on any atom is 0.0436 e. The molecule has 0 radical (unpaired) electrons. The van der Waals surface area contributed by atoms with Gasteiger partial charge < -0.3 is 15.7 Å². The molecule has 0 amide bonds. The van der Waals surface area contributed by atoms with Crippen molar-refractivity contribution in [3.8, 4) is 0 Å². The van der Waals surface area contributed by atoms with E-state index >= 15 is 0 Å². The van der Waals surface area contributed by atoms with Crippen LogP contribution >= 0.6 is 0 Å². The lowest BCUT2D eigenvalue weighted by Crippen LogP contribution is -2.27. The van der Waals surface area contributed by atoms with E-state index in [9.17, 15) is 0 Å². The predicted molar refractivity (Wildman–Crippen MR) is 77.4 cm³/mol. The molecule has 106 valence electrons. The van der Waals surface area contributed by atoms with Gasteiger partial charge in [-0.25, -0.2) is 0 Å². The summed E-state index contributed by atoms with van der Waals surface area (Å²) in [5, 5.41) is 14.8. The summed E-state index contributed by atoms with van der Waals surface area (Å²) in [6.07, 6.45) is 3.53. The van der Waals surface area contributed by atoms with Gasteiger partial charge in [-0.1, -0.05) is 27.7 Å². The molecule has 0 spiro atoms. The second-order valence-corrected chi connectivity index (χ2v) is 5.81. The molecular weight excluding hydrogens is 212 g/mol. The minimum atomic E-state index is 0.240. The molecule has 0 atom stereocenters. The Labute approximate surface area is 108 Å². The van der Waals surface area contributed by atoms with E-state index in [0.717, 1.165) is 25.4 Å². The monoisotopic (exact) mass is 246 g/mol. The highest BCUT2D eigenvalue weighted by molar-refractivity contribution is 4.69. The first-order valence-electron chi connectivity index (χ1n) is 6.79. The van der Waals surface area contributed by atoms with Crippen molar-refractivity contribution >= 4 is 0 Å². The third kappa shape index (κ3) is 18.4. The van der Waals surface area contributed by atoms with E-state index < -0.39 is 0 Å². The lowest BCUT2D eigenvalue weighted by molar-refractivity contribution is 0.210. The molecule has 0 aromatic carbocycles. The molecule has 0 aliphatic carbocycles. The smallest absolute Gasteiger partial charge is 0.0436 e. The molecule has 0 bridgehead atoms. The Morgan fingerprint density at radius 2 is 1.71 bits per heavy atom. The molecule has 0 fully saturated rings. The third-order valence-corrected chi connectivity index (χ3v) is 2.65. The highest BCUT2D eigenvalue weighted by Crippen LogP contribution is 2.17. The Bertz CT molecular complexity index is 139. The van der Waals surface area contributed by atoms with Crippen molar-refractivity contribution in [1.29, 1.82) is 0 Å². The van der Waals surface area contributed by atoms with Crippen molar-refractivity contribution in [2.24, 2.45) is 11.3 Å². The summed E-state index contributed by atoms with van der Waals surface area (Å²) in [5.41, 5.74) is 0.240. The quantitative estimate of drug-likeness (QED) is 0.576. The van der Waals surface area contributed by atoms with Crippen LogP contribution in [0.2, 0.25) is 0 Å². The summed E-state index contributed by atoms with van der Waals surface area (Å²) in [6.45, 7) is 11.2. The number of aliphatic hydroxyl groups excluding tert-OH is 1. The maximum absolute atomic E-state index is 8.60. The van der Waals surface area contributed by atoms with Gasteiger partial charge in [0.25, 0.3) is 0 Å². The Hall–Kier alpha value is -0.120. The third-order valence-electron chi connectivity index (χ3n) is 2.65. The second kappa shape index (κ2) is 12.3. The molecule has 0 aliphatic heterocycles. The maximum atomic E-state index is 8.60. The fraction of sp³-hybridized carbons (Fsp3) is 1.00. The molecule has 0 saturated heterocycles. The predicted octanol–water partition coefficient (Wildman–Crippen LogP) is 2.26. The van der Waals surface area contributed by atoms with E-state index in [2.05, 4.69) is 38.3 Å². The molecule has 0 aromatic rings. The normalized spacial score (nSPS) is 11.3. The van der Waals surface area contributed by atoms with Crippen LogP contribution in [0, 0.1) is 11.3 Å². The molecule has 3 nitrogen and oxygen atoms in total. The first kappa shape index (κ1) is 19.2. The van der Waals surface area contributed by atoms with Gasteiger partial charge in [-0.2, -0.15) is 0 Å². The van der Waals surface area contributed by atoms with Gasteiger partial charge in [0.15, 0.2) is 0 Å². The molecule has 3 N–H and O–H groups in total. The lowest BCUT2D eigenvalue weighted by atomic mass is 9.90. The molecule has 17 heavy (non-hydrogen) atoms. The Morgan fingerprint density at radius 3 is 2.06 bits per heavy atom. The molecular formula is C14H34N2O. The van der Waals surface area contributed by atoms with E-state index in [4.69, 9.17) is 5.11 Å². The summed E-state index contributed by atoms with van der Waals surface area (Å²) in [5.74, 6) is 0.864. The van der Waals surface area contributed by atoms with Gasteiger partial charge in [0.2, 0.25) is 0 Å². The van der Waals surface area contributed by atoms with E-state index in [0.29, 0.717) is 0 Å². The SMILES string of the molecule is CNCC(C)(C)CCO.CNCCCC(C)C. The highest BCUT2D eigenvalue weighted by Gasteiger charge is 2.14. The van der Waals surface area contributed by atoms with Crippen LogP contribution in [0.15, 0.2) is 0 Å². The van der Waals surface area contributed by atoms with Gasteiger partial charge in [-0.3, -0.25) is 0 Å². The van der Waals surface area contributed by atoms with Crippen LogP contribution in [0.4, 0.5) is 0 Å². The van der Waals surface area contributed by atoms with Crippen LogP contribution in [0.3, 0.4) is 0 Å². The van der Waals surface area contributed by atoms with Crippen LogP contribution in [0.5, 0.6) is 0 Å². The average Bonchev–Trinajstić information content (AvgIpc) is 2.18. The Balaban J connectivity index is 0. The van der Waals surface area contributed by atoms with Gasteiger partial charge in [-0.15, -0.1) is 0 Å².